The van der Waals surface area contributed by atoms with Gasteiger partial charge in [-0.3, -0.25) is 9.59 Å². The number of hydrogen-bond donors (Lipinski definition) is 1. The van der Waals surface area contributed by atoms with E-state index in [4.69, 9.17) is 9.47 Å². The number of carbonyl (C=O) groups excluding carboxylic acids is 4. The number of carbonyl (C=O) groups is 4. The number of nitrogens with one attached hydrogen (secondary N) is 1. The molecule has 0 aromatic heterocycles. The molecule has 0 aromatic carbocycles. The highest BCUT2D eigenvalue weighted by Crippen LogP contribution is 2.02. The molecule has 0 unspecified atom stereocenters. The van der Waals surface area contributed by atoms with Crippen molar-refractivity contribution in [3.63, 3.8) is 0 Å². The minimum Gasteiger partial charge on any atom is -0.466 e. The van der Waals surface area contributed by atoms with E-state index in [1.54, 1.807) is 13.8 Å². The summed E-state index contributed by atoms with van der Waals surface area (Å²) in [4.78, 5) is 45.2. The molecule has 8 nitrogen and oxygen atoms in total. The second-order valence-electron chi connectivity index (χ2n) is 3.61. The minimum absolute atomic E-state index is 0. The molecule has 0 aliphatic heterocycles. The zero-order chi connectivity index (χ0) is 15.5. The molecule has 20 heavy (non-hydrogen) atoms. The molecular weight excluding hydrogens is 270 g/mol. The van der Waals surface area contributed by atoms with E-state index in [0.717, 1.165) is 7.11 Å². The lowest BCUT2D eigenvalue weighted by molar-refractivity contribution is -0.155. The van der Waals surface area contributed by atoms with Gasteiger partial charge in [-0.25, -0.2) is 9.59 Å². The fraction of sp³-hybridized carbons (Fsp3) is 0.667. The standard InChI is InChI=1S/C12H19NO7.H2/c1-4-19-9(14)7-6-8(11(16)20-5-2)13-10(15)12(17)18-3;/h8H,4-7H2,1-3H3,(H,13,15);1H/t8-;/m0./s1. The third-order valence-electron chi connectivity index (χ3n) is 2.19. The van der Waals surface area contributed by atoms with Crippen molar-refractivity contribution in [1.82, 2.24) is 5.32 Å². The van der Waals surface area contributed by atoms with Crippen LogP contribution in [-0.2, 0) is 33.4 Å². The summed E-state index contributed by atoms with van der Waals surface area (Å²) in [7, 11) is 1.04. The molecule has 0 fully saturated rings. The lowest BCUT2D eigenvalue weighted by Crippen LogP contribution is -2.45. The highest BCUT2D eigenvalue weighted by molar-refractivity contribution is 6.32. The Labute approximate surface area is 118 Å². The Morgan fingerprint density at radius 2 is 1.70 bits per heavy atom. The van der Waals surface area contributed by atoms with Crippen LogP contribution in [0.2, 0.25) is 0 Å². The number of esters is 3. The topological polar surface area (TPSA) is 108 Å². The fourth-order valence-corrected chi connectivity index (χ4v) is 1.30. The van der Waals surface area contributed by atoms with Crippen molar-refractivity contribution < 1.29 is 34.8 Å². The van der Waals surface area contributed by atoms with Crippen molar-refractivity contribution in [1.29, 1.82) is 0 Å². The van der Waals surface area contributed by atoms with Gasteiger partial charge in [-0.2, -0.15) is 0 Å². The van der Waals surface area contributed by atoms with Gasteiger partial charge >= 0.3 is 23.8 Å². The zero-order valence-electron chi connectivity index (χ0n) is 11.8. The van der Waals surface area contributed by atoms with Gasteiger partial charge in [0.2, 0.25) is 0 Å². The Balaban J connectivity index is 0. The van der Waals surface area contributed by atoms with Crippen LogP contribution in [0.15, 0.2) is 0 Å². The first-order chi connectivity index (χ1) is 9.46. The molecule has 0 saturated carbocycles. The summed E-state index contributed by atoms with van der Waals surface area (Å²) in [5, 5.41) is 2.15. The van der Waals surface area contributed by atoms with Crippen molar-refractivity contribution in [2.45, 2.75) is 32.7 Å². The van der Waals surface area contributed by atoms with Crippen molar-refractivity contribution in [2.24, 2.45) is 0 Å². The van der Waals surface area contributed by atoms with Gasteiger partial charge < -0.3 is 19.5 Å². The summed E-state index contributed by atoms with van der Waals surface area (Å²) >= 11 is 0. The van der Waals surface area contributed by atoms with Crippen LogP contribution in [0.3, 0.4) is 0 Å². The van der Waals surface area contributed by atoms with Crippen LogP contribution in [0, 0.1) is 0 Å². The van der Waals surface area contributed by atoms with Gasteiger partial charge in [0.1, 0.15) is 6.04 Å². The van der Waals surface area contributed by atoms with E-state index in [9.17, 15) is 19.2 Å². The summed E-state index contributed by atoms with van der Waals surface area (Å²) in [6, 6.07) is -1.11. The molecule has 1 N–H and O–H groups in total. The van der Waals surface area contributed by atoms with Gasteiger partial charge in [0.15, 0.2) is 0 Å². The Morgan fingerprint density at radius 3 is 2.20 bits per heavy atom. The highest BCUT2D eigenvalue weighted by Gasteiger charge is 2.26. The molecule has 1 atom stereocenters. The molecule has 0 spiro atoms. The monoisotopic (exact) mass is 291 g/mol. The molecule has 0 radical (unpaired) electrons. The number of methoxy groups -OCH3 is 1. The Bertz CT molecular complexity index is 373. The van der Waals surface area contributed by atoms with E-state index in [2.05, 4.69) is 10.1 Å². The Morgan fingerprint density at radius 1 is 1.10 bits per heavy atom. The third kappa shape index (κ3) is 6.72. The van der Waals surface area contributed by atoms with E-state index < -0.39 is 29.9 Å². The lowest BCUT2D eigenvalue weighted by Gasteiger charge is -2.16. The van der Waals surface area contributed by atoms with Crippen LogP contribution in [0.5, 0.6) is 0 Å². The summed E-state index contributed by atoms with van der Waals surface area (Å²) in [6.45, 7) is 3.59. The maximum Gasteiger partial charge on any atom is 0.396 e. The number of amides is 1. The number of rotatable bonds is 7. The van der Waals surface area contributed by atoms with Gasteiger partial charge in [-0.15, -0.1) is 0 Å². The van der Waals surface area contributed by atoms with Crippen molar-refractivity contribution in [2.75, 3.05) is 20.3 Å². The van der Waals surface area contributed by atoms with Crippen LogP contribution < -0.4 is 5.32 Å². The van der Waals surface area contributed by atoms with Crippen LogP contribution in [0.1, 0.15) is 28.1 Å². The van der Waals surface area contributed by atoms with Gasteiger partial charge in [0.25, 0.3) is 0 Å². The Kier molecular flexibility index (Phi) is 8.73. The number of ether oxygens (including phenoxy) is 3. The van der Waals surface area contributed by atoms with Crippen LogP contribution in [0.4, 0.5) is 0 Å². The lowest BCUT2D eigenvalue weighted by atomic mass is 10.1. The molecule has 116 valence electrons. The maximum absolute atomic E-state index is 11.6. The first-order valence-corrected chi connectivity index (χ1v) is 6.17. The van der Waals surface area contributed by atoms with Crippen molar-refractivity contribution in [3.8, 4) is 0 Å². The molecule has 1 amide bonds. The number of hydrogen-bond acceptors (Lipinski definition) is 7. The van der Waals surface area contributed by atoms with Crippen LogP contribution >= 0.6 is 0 Å². The van der Waals surface area contributed by atoms with E-state index in [0.29, 0.717) is 0 Å². The molecule has 0 saturated heterocycles. The van der Waals surface area contributed by atoms with Gasteiger partial charge in [0, 0.05) is 7.85 Å². The second-order valence-corrected chi connectivity index (χ2v) is 3.61. The van der Waals surface area contributed by atoms with E-state index >= 15 is 0 Å². The summed E-state index contributed by atoms with van der Waals surface area (Å²) in [5.74, 6) is -3.44. The highest BCUT2D eigenvalue weighted by atomic mass is 16.5. The Hall–Kier alpha value is -2.12. The van der Waals surface area contributed by atoms with Crippen LogP contribution in [-0.4, -0.2) is 50.2 Å². The summed E-state index contributed by atoms with van der Waals surface area (Å²) in [5.41, 5.74) is 0. The third-order valence-corrected chi connectivity index (χ3v) is 2.19. The molecule has 0 rings (SSSR count). The predicted molar refractivity (Wildman–Crippen MR) is 68.6 cm³/mol. The van der Waals surface area contributed by atoms with E-state index in [-0.39, 0.29) is 27.5 Å². The van der Waals surface area contributed by atoms with Crippen molar-refractivity contribution in [3.05, 3.63) is 0 Å². The first kappa shape index (κ1) is 17.9. The molecule has 0 aromatic rings. The maximum atomic E-state index is 11.6. The van der Waals surface area contributed by atoms with Gasteiger partial charge in [0.05, 0.1) is 20.3 Å². The zero-order valence-corrected chi connectivity index (χ0v) is 11.8. The molecule has 0 aliphatic carbocycles. The predicted octanol–water partition coefficient (Wildman–Crippen LogP) is -0.203. The van der Waals surface area contributed by atoms with Gasteiger partial charge in [-0.05, 0) is 20.3 Å². The summed E-state index contributed by atoms with van der Waals surface area (Å²) in [6.07, 6.45) is -0.112. The average Bonchev–Trinajstić information content (AvgIpc) is 2.42. The van der Waals surface area contributed by atoms with E-state index in [1.165, 1.54) is 0 Å². The normalized spacial score (nSPS) is 11.2. The molecule has 0 aliphatic rings. The quantitative estimate of drug-likeness (QED) is 0.393. The van der Waals surface area contributed by atoms with E-state index in [1.807, 2.05) is 0 Å². The van der Waals surface area contributed by atoms with Crippen LogP contribution in [0.25, 0.3) is 0 Å². The molecule has 8 heteroatoms. The van der Waals surface area contributed by atoms with Gasteiger partial charge in [-0.1, -0.05) is 0 Å². The fourth-order valence-electron chi connectivity index (χ4n) is 1.30. The molecular formula is C12H21NO7. The second kappa shape index (κ2) is 9.76. The first-order valence-electron chi connectivity index (χ1n) is 6.17. The summed E-state index contributed by atoms with van der Waals surface area (Å²) < 4.78 is 13.7. The smallest absolute Gasteiger partial charge is 0.396 e. The van der Waals surface area contributed by atoms with Crippen molar-refractivity contribution >= 4 is 23.8 Å². The SMILES string of the molecule is CCOC(=O)CC[C@H](NC(=O)C(=O)OC)C(=O)OCC.[HH]. The molecule has 0 heterocycles. The molecule has 0 bridgehead atoms. The largest absolute Gasteiger partial charge is 0.466 e. The minimum atomic E-state index is -1.13. The average molecular weight is 291 g/mol.